The highest BCUT2D eigenvalue weighted by atomic mass is 16.2. The number of anilines is 3. The lowest BCUT2D eigenvalue weighted by atomic mass is 9.91. The molecule has 0 saturated carbocycles. The first kappa shape index (κ1) is 40.7. The van der Waals surface area contributed by atoms with E-state index in [0.717, 1.165) is 51.6 Å². The van der Waals surface area contributed by atoms with E-state index < -0.39 is 18.0 Å². The average molecular weight is 733 g/mol. The first-order valence-corrected chi connectivity index (χ1v) is 18.7. The molecule has 1 saturated heterocycles. The second kappa shape index (κ2) is 20.9. The molecule has 1 fully saturated rings. The van der Waals surface area contributed by atoms with Crippen molar-refractivity contribution < 1.29 is 24.0 Å². The Balaban J connectivity index is 1.21. The molecule has 15 heteroatoms. The third kappa shape index (κ3) is 12.6. The maximum atomic E-state index is 13.8. The van der Waals surface area contributed by atoms with Crippen molar-refractivity contribution in [2.24, 2.45) is 28.1 Å². The summed E-state index contributed by atoms with van der Waals surface area (Å²) in [6.45, 7) is 4.49. The predicted octanol–water partition coefficient (Wildman–Crippen LogP) is 2.09. The summed E-state index contributed by atoms with van der Waals surface area (Å²) < 4.78 is 0. The summed E-state index contributed by atoms with van der Waals surface area (Å²) >= 11 is 0. The minimum absolute atomic E-state index is 0.0439. The lowest BCUT2D eigenvalue weighted by Crippen LogP contribution is -2.53. The van der Waals surface area contributed by atoms with Gasteiger partial charge in [0.2, 0.25) is 23.6 Å². The number of carbonyl (C=O) groups is 5. The van der Waals surface area contributed by atoms with Gasteiger partial charge in [-0.3, -0.25) is 38.8 Å². The molecule has 2 heterocycles. The van der Waals surface area contributed by atoms with E-state index >= 15 is 0 Å². The van der Waals surface area contributed by atoms with Crippen LogP contribution < -0.4 is 43.4 Å². The Morgan fingerprint density at radius 3 is 2.26 bits per heavy atom. The van der Waals surface area contributed by atoms with E-state index in [2.05, 4.69) is 31.2 Å². The van der Waals surface area contributed by atoms with Crippen LogP contribution in [-0.4, -0.2) is 91.7 Å². The van der Waals surface area contributed by atoms with Crippen molar-refractivity contribution in [2.45, 2.75) is 83.2 Å². The fourth-order valence-corrected chi connectivity index (χ4v) is 6.86. The first-order chi connectivity index (χ1) is 25.6. The molecule has 5 amide bonds. The molecule has 0 spiro atoms. The SMILES string of the molecule is CC(=O)N[C@@H](CCCN=C(N)N)C(=O)N[C@@H](CCCCN)C(=O)NCCCCC1CCN(CC(=O)N2c3ccccc3NC(=O)c3ccccc32)CC1. The molecule has 0 bridgehead atoms. The number of carbonyl (C=O) groups excluding carboxylic acids is 5. The van der Waals surface area contributed by atoms with E-state index in [1.165, 1.54) is 6.92 Å². The van der Waals surface area contributed by atoms with Gasteiger partial charge in [-0.1, -0.05) is 37.1 Å². The zero-order valence-corrected chi connectivity index (χ0v) is 30.8. The molecule has 2 atom stereocenters. The maximum absolute atomic E-state index is 13.8. The van der Waals surface area contributed by atoms with Crippen molar-refractivity contribution in [1.29, 1.82) is 0 Å². The Kier molecular flexibility index (Phi) is 16.0. The number of nitrogens with one attached hydrogen (secondary N) is 4. The number of para-hydroxylation sites is 3. The summed E-state index contributed by atoms with van der Waals surface area (Å²) in [7, 11) is 0. The molecule has 2 aliphatic heterocycles. The Hall–Kier alpha value is -5.02. The number of nitrogens with zero attached hydrogens (tertiary/aromatic N) is 3. The topological polar surface area (TPSA) is 230 Å². The maximum Gasteiger partial charge on any atom is 0.257 e. The number of piperidine rings is 1. The number of unbranched alkanes of at least 4 members (excludes halogenated alkanes) is 2. The van der Waals surface area contributed by atoms with Crippen molar-refractivity contribution in [3.63, 3.8) is 0 Å². The van der Waals surface area contributed by atoms with Gasteiger partial charge in [-0.25, -0.2) is 0 Å². The number of aliphatic imine (C=N–C) groups is 1. The summed E-state index contributed by atoms with van der Waals surface area (Å²) in [5, 5.41) is 11.4. The van der Waals surface area contributed by atoms with Crippen LogP contribution in [0.5, 0.6) is 0 Å². The fraction of sp³-hybridized carbons (Fsp3) is 0.526. The van der Waals surface area contributed by atoms with E-state index in [1.807, 2.05) is 36.4 Å². The molecule has 0 aromatic heterocycles. The molecule has 4 rings (SSSR count). The molecule has 0 unspecified atom stereocenters. The summed E-state index contributed by atoms with van der Waals surface area (Å²) in [6, 6.07) is 13.0. The highest BCUT2D eigenvalue weighted by molar-refractivity contribution is 6.18. The largest absolute Gasteiger partial charge is 0.370 e. The molecular formula is C38H56N10O5. The van der Waals surface area contributed by atoms with Crippen LogP contribution in [0.4, 0.5) is 17.1 Å². The highest BCUT2D eigenvalue weighted by Gasteiger charge is 2.31. The van der Waals surface area contributed by atoms with Gasteiger partial charge >= 0.3 is 0 Å². The average Bonchev–Trinajstić information content (AvgIpc) is 3.26. The number of nitrogens with two attached hydrogens (primary N) is 3. The van der Waals surface area contributed by atoms with E-state index in [4.69, 9.17) is 17.2 Å². The van der Waals surface area contributed by atoms with Crippen molar-refractivity contribution >= 4 is 52.6 Å². The van der Waals surface area contributed by atoms with Gasteiger partial charge in [0.25, 0.3) is 5.91 Å². The van der Waals surface area contributed by atoms with Crippen LogP contribution in [0.15, 0.2) is 53.5 Å². The Labute approximate surface area is 311 Å². The molecule has 0 aliphatic carbocycles. The van der Waals surface area contributed by atoms with Crippen LogP contribution in [0.3, 0.4) is 0 Å². The van der Waals surface area contributed by atoms with E-state index in [9.17, 15) is 24.0 Å². The van der Waals surface area contributed by atoms with Crippen LogP contribution in [0, 0.1) is 5.92 Å². The number of likely N-dealkylation sites (tertiary alicyclic amines) is 1. The molecule has 2 aromatic carbocycles. The smallest absolute Gasteiger partial charge is 0.257 e. The molecule has 10 N–H and O–H groups in total. The van der Waals surface area contributed by atoms with E-state index in [0.29, 0.717) is 73.9 Å². The third-order valence-corrected chi connectivity index (χ3v) is 9.66. The lowest BCUT2D eigenvalue weighted by Gasteiger charge is -2.33. The summed E-state index contributed by atoms with van der Waals surface area (Å²) in [5.74, 6) is -0.877. The van der Waals surface area contributed by atoms with Crippen molar-refractivity contribution in [1.82, 2.24) is 20.9 Å². The summed E-state index contributed by atoms with van der Waals surface area (Å²) in [4.78, 5) is 72.6. The first-order valence-electron chi connectivity index (χ1n) is 18.7. The van der Waals surface area contributed by atoms with E-state index in [1.54, 1.807) is 17.0 Å². The molecule has 15 nitrogen and oxygen atoms in total. The zero-order chi connectivity index (χ0) is 38.2. The lowest BCUT2D eigenvalue weighted by molar-refractivity contribution is -0.132. The van der Waals surface area contributed by atoms with Crippen LogP contribution in [-0.2, 0) is 19.2 Å². The van der Waals surface area contributed by atoms with Gasteiger partial charge < -0.3 is 38.5 Å². The van der Waals surface area contributed by atoms with Gasteiger partial charge in [-0.05, 0) is 101 Å². The van der Waals surface area contributed by atoms with Gasteiger partial charge in [0.1, 0.15) is 12.1 Å². The standard InChI is InChI=1S/C38H56N10O5/c1-26(49)44-31(15-10-22-43-38(40)41)37(53)46-30(14-6-8-20-39)36(52)42-21-9-7-11-27-18-23-47(24-19-27)25-34(50)48-32-16-4-2-12-28(32)35(51)45-29-13-3-5-17-33(29)48/h2-5,12-13,16-17,27,30-31H,6-11,14-15,18-25,39H2,1H3,(H,42,52)(H,44,49)(H,45,51)(H,46,53)(H4,40,41,43)/t30-,31-/m0/s1. The summed E-state index contributed by atoms with van der Waals surface area (Å²) in [6.07, 6.45) is 7.33. The molecular weight excluding hydrogens is 676 g/mol. The highest BCUT2D eigenvalue weighted by Crippen LogP contribution is 2.38. The van der Waals surface area contributed by atoms with Crippen LogP contribution >= 0.6 is 0 Å². The van der Waals surface area contributed by atoms with Crippen LogP contribution in [0.25, 0.3) is 0 Å². The van der Waals surface area contributed by atoms with Gasteiger partial charge in [0.15, 0.2) is 5.96 Å². The Bertz CT molecular complexity index is 1590. The fourth-order valence-electron chi connectivity index (χ4n) is 6.86. The number of hydrogen-bond acceptors (Lipinski definition) is 8. The van der Waals surface area contributed by atoms with Gasteiger partial charge in [-0.2, -0.15) is 0 Å². The zero-order valence-electron chi connectivity index (χ0n) is 30.8. The minimum Gasteiger partial charge on any atom is -0.370 e. The van der Waals surface area contributed by atoms with Crippen molar-refractivity contribution in [3.8, 4) is 0 Å². The third-order valence-electron chi connectivity index (χ3n) is 9.66. The van der Waals surface area contributed by atoms with Gasteiger partial charge in [0.05, 0.1) is 29.2 Å². The Morgan fingerprint density at radius 2 is 1.55 bits per heavy atom. The number of guanidine groups is 1. The molecule has 288 valence electrons. The number of amides is 5. The monoisotopic (exact) mass is 732 g/mol. The number of rotatable bonds is 19. The van der Waals surface area contributed by atoms with Gasteiger partial charge in [0, 0.05) is 20.0 Å². The quantitative estimate of drug-likeness (QED) is 0.0636. The Morgan fingerprint density at radius 1 is 0.868 bits per heavy atom. The van der Waals surface area contributed by atoms with E-state index in [-0.39, 0.29) is 36.1 Å². The second-order valence-electron chi connectivity index (χ2n) is 13.8. The minimum atomic E-state index is -0.818. The number of benzene rings is 2. The number of fused-ring (bicyclic) bond motifs is 2. The molecule has 0 radical (unpaired) electrons. The van der Waals surface area contributed by atoms with Crippen LogP contribution in [0.1, 0.15) is 81.5 Å². The summed E-state index contributed by atoms with van der Waals surface area (Å²) in [5.41, 5.74) is 18.7. The normalized spacial score (nSPS) is 15.5. The molecule has 2 aromatic rings. The van der Waals surface area contributed by atoms with Crippen molar-refractivity contribution in [3.05, 3.63) is 54.1 Å². The number of hydrogen-bond donors (Lipinski definition) is 7. The van der Waals surface area contributed by atoms with Crippen LogP contribution in [0.2, 0.25) is 0 Å². The molecule has 2 aliphatic rings. The molecule has 53 heavy (non-hydrogen) atoms. The van der Waals surface area contributed by atoms with Crippen molar-refractivity contribution in [2.75, 3.05) is 49.5 Å². The second-order valence-corrected chi connectivity index (χ2v) is 13.8. The van der Waals surface area contributed by atoms with Gasteiger partial charge in [-0.15, -0.1) is 0 Å². The predicted molar refractivity (Wildman–Crippen MR) is 206 cm³/mol.